The number of hydrogen-bond acceptors (Lipinski definition) is 4. The SMILES string of the molecule is Cc1ccc(N2C(=O)C(=O)/C(=C(\O)c3ccc4c(c3)CCCC4)C2c2ccc(O)c(Cl)c2)cc1C. The molecule has 1 aliphatic heterocycles. The molecule has 3 aromatic rings. The summed E-state index contributed by atoms with van der Waals surface area (Å²) in [5, 5.41) is 21.5. The lowest BCUT2D eigenvalue weighted by molar-refractivity contribution is -0.132. The first kappa shape index (κ1) is 23.2. The van der Waals surface area contributed by atoms with E-state index in [1.165, 1.54) is 22.6 Å². The van der Waals surface area contributed by atoms with E-state index in [1.807, 2.05) is 44.2 Å². The van der Waals surface area contributed by atoms with Crippen molar-refractivity contribution in [2.75, 3.05) is 4.90 Å². The van der Waals surface area contributed by atoms with Gasteiger partial charge in [-0.2, -0.15) is 0 Å². The number of halogens is 1. The van der Waals surface area contributed by atoms with Crippen LogP contribution >= 0.6 is 11.6 Å². The summed E-state index contributed by atoms with van der Waals surface area (Å²) in [5.74, 6) is -1.79. The number of anilines is 1. The van der Waals surface area contributed by atoms with Gasteiger partial charge in [0.2, 0.25) is 0 Å². The van der Waals surface area contributed by atoms with Crippen molar-refractivity contribution in [2.24, 2.45) is 0 Å². The van der Waals surface area contributed by atoms with Crippen molar-refractivity contribution in [3.05, 3.63) is 98.6 Å². The standard InChI is InChI=1S/C29H26ClNO4/c1-16-7-11-22(13-17(16)2)31-26(20-10-12-24(32)23(30)15-20)25(28(34)29(31)35)27(33)21-9-8-18-5-3-4-6-19(18)14-21/h7-15,26,32-33H,3-6H2,1-2H3/b27-25-. The number of hydrogen-bond donors (Lipinski definition) is 2. The van der Waals surface area contributed by atoms with Crippen LogP contribution in [0, 0.1) is 13.8 Å². The molecule has 1 unspecified atom stereocenters. The minimum Gasteiger partial charge on any atom is -0.507 e. The Morgan fingerprint density at radius 3 is 2.37 bits per heavy atom. The van der Waals surface area contributed by atoms with Gasteiger partial charge in [-0.25, -0.2) is 0 Å². The zero-order valence-electron chi connectivity index (χ0n) is 19.6. The average molecular weight is 488 g/mol. The molecule has 0 radical (unpaired) electrons. The van der Waals surface area contributed by atoms with Gasteiger partial charge in [0.1, 0.15) is 11.5 Å². The van der Waals surface area contributed by atoms with Crippen molar-refractivity contribution in [2.45, 2.75) is 45.6 Å². The highest BCUT2D eigenvalue weighted by Crippen LogP contribution is 2.44. The maximum absolute atomic E-state index is 13.4. The summed E-state index contributed by atoms with van der Waals surface area (Å²) >= 11 is 6.21. The molecule has 1 atom stereocenters. The second-order valence-electron chi connectivity index (χ2n) is 9.34. The zero-order valence-corrected chi connectivity index (χ0v) is 20.4. The van der Waals surface area contributed by atoms with Gasteiger partial charge in [-0.15, -0.1) is 0 Å². The first-order valence-corrected chi connectivity index (χ1v) is 12.1. The molecule has 1 saturated heterocycles. The van der Waals surface area contributed by atoms with E-state index in [9.17, 15) is 19.8 Å². The fraction of sp³-hybridized carbons (Fsp3) is 0.241. The molecule has 5 rings (SSSR count). The number of carbonyl (C=O) groups is 2. The van der Waals surface area contributed by atoms with Crippen LogP contribution in [0.2, 0.25) is 5.02 Å². The fourth-order valence-corrected chi connectivity index (χ4v) is 5.21. The molecule has 3 aromatic carbocycles. The van der Waals surface area contributed by atoms with Gasteiger partial charge in [0.25, 0.3) is 11.7 Å². The van der Waals surface area contributed by atoms with E-state index in [-0.39, 0.29) is 22.1 Å². The number of phenolic OH excluding ortho intramolecular Hbond substituents is 1. The Kier molecular flexibility index (Phi) is 5.89. The van der Waals surface area contributed by atoms with Crippen molar-refractivity contribution in [3.8, 4) is 5.75 Å². The van der Waals surface area contributed by atoms with Crippen LogP contribution in [0.5, 0.6) is 5.75 Å². The molecular weight excluding hydrogens is 462 g/mol. The highest BCUT2D eigenvalue weighted by Gasteiger charge is 2.47. The van der Waals surface area contributed by atoms with E-state index in [0.717, 1.165) is 42.4 Å². The molecule has 1 aliphatic carbocycles. The average Bonchev–Trinajstić information content (AvgIpc) is 3.12. The van der Waals surface area contributed by atoms with Crippen molar-refractivity contribution in [1.82, 2.24) is 0 Å². The van der Waals surface area contributed by atoms with E-state index < -0.39 is 17.7 Å². The third-order valence-corrected chi connectivity index (χ3v) is 7.43. The number of aryl methyl sites for hydroxylation is 4. The number of aromatic hydroxyl groups is 1. The topological polar surface area (TPSA) is 77.8 Å². The number of rotatable bonds is 3. The Balaban J connectivity index is 1.72. The first-order valence-electron chi connectivity index (χ1n) is 11.7. The number of phenols is 1. The van der Waals surface area contributed by atoms with Crippen molar-refractivity contribution < 1.29 is 19.8 Å². The third kappa shape index (κ3) is 4.00. The fourth-order valence-electron chi connectivity index (χ4n) is 5.02. The molecule has 0 bridgehead atoms. The maximum atomic E-state index is 13.4. The van der Waals surface area contributed by atoms with Crippen LogP contribution in [-0.2, 0) is 22.4 Å². The summed E-state index contributed by atoms with van der Waals surface area (Å²) in [7, 11) is 0. The molecule has 6 heteroatoms. The number of nitrogens with zero attached hydrogens (tertiary/aromatic N) is 1. The van der Waals surface area contributed by atoms with Gasteiger partial charge < -0.3 is 10.2 Å². The molecule has 0 aromatic heterocycles. The molecule has 35 heavy (non-hydrogen) atoms. The number of amides is 1. The Hall–Kier alpha value is -3.57. The number of ketones is 1. The predicted octanol–water partition coefficient (Wildman–Crippen LogP) is 6.17. The van der Waals surface area contributed by atoms with Crippen LogP contribution in [0.4, 0.5) is 5.69 Å². The lowest BCUT2D eigenvalue weighted by Crippen LogP contribution is -2.29. The molecular formula is C29H26ClNO4. The summed E-state index contributed by atoms with van der Waals surface area (Å²) in [6, 6.07) is 15.0. The Labute approximate surface area is 209 Å². The summed E-state index contributed by atoms with van der Waals surface area (Å²) < 4.78 is 0. The number of aliphatic hydroxyl groups excluding tert-OH is 1. The van der Waals surface area contributed by atoms with Crippen LogP contribution in [0.25, 0.3) is 5.76 Å². The van der Waals surface area contributed by atoms with Crippen LogP contribution in [-0.4, -0.2) is 21.9 Å². The third-order valence-electron chi connectivity index (χ3n) is 7.12. The number of carbonyl (C=O) groups excluding carboxylic acids is 2. The van der Waals surface area contributed by atoms with Crippen molar-refractivity contribution >= 4 is 34.7 Å². The number of aliphatic hydroxyl groups is 1. The van der Waals surface area contributed by atoms with Gasteiger partial charge in [0.15, 0.2) is 0 Å². The van der Waals surface area contributed by atoms with E-state index >= 15 is 0 Å². The minimum atomic E-state index is -0.897. The van der Waals surface area contributed by atoms with Gasteiger partial charge >= 0.3 is 0 Å². The minimum absolute atomic E-state index is 0.00532. The zero-order chi connectivity index (χ0) is 24.9. The Morgan fingerprint density at radius 2 is 1.66 bits per heavy atom. The van der Waals surface area contributed by atoms with Gasteiger partial charge in [-0.1, -0.05) is 35.9 Å². The molecule has 178 valence electrons. The van der Waals surface area contributed by atoms with Crippen LogP contribution < -0.4 is 4.90 Å². The summed E-state index contributed by atoms with van der Waals surface area (Å²) in [5.41, 5.74) is 6.03. The quantitative estimate of drug-likeness (QED) is 0.263. The summed E-state index contributed by atoms with van der Waals surface area (Å²) in [4.78, 5) is 28.2. The van der Waals surface area contributed by atoms with Gasteiger partial charge in [-0.3, -0.25) is 14.5 Å². The molecule has 1 amide bonds. The normalized spacial score (nSPS) is 19.2. The van der Waals surface area contributed by atoms with E-state index in [2.05, 4.69) is 0 Å². The van der Waals surface area contributed by atoms with Crippen LogP contribution in [0.15, 0.2) is 60.2 Å². The summed E-state index contributed by atoms with van der Waals surface area (Å²) in [6.45, 7) is 3.91. The molecule has 5 nitrogen and oxygen atoms in total. The van der Waals surface area contributed by atoms with E-state index in [0.29, 0.717) is 16.8 Å². The highest BCUT2D eigenvalue weighted by atomic mass is 35.5. The monoisotopic (exact) mass is 487 g/mol. The molecule has 0 spiro atoms. The van der Waals surface area contributed by atoms with Crippen LogP contribution in [0.3, 0.4) is 0 Å². The summed E-state index contributed by atoms with van der Waals surface area (Å²) in [6.07, 6.45) is 4.14. The largest absolute Gasteiger partial charge is 0.507 e. The molecule has 2 N–H and O–H groups in total. The molecule has 2 aliphatic rings. The highest BCUT2D eigenvalue weighted by molar-refractivity contribution is 6.51. The number of benzene rings is 3. The van der Waals surface area contributed by atoms with Gasteiger partial charge in [0.05, 0.1) is 16.6 Å². The lowest BCUT2D eigenvalue weighted by Gasteiger charge is -2.26. The number of fused-ring (bicyclic) bond motifs is 1. The second-order valence-corrected chi connectivity index (χ2v) is 9.75. The Morgan fingerprint density at radius 1 is 0.914 bits per heavy atom. The maximum Gasteiger partial charge on any atom is 0.300 e. The van der Waals surface area contributed by atoms with E-state index in [4.69, 9.17) is 11.6 Å². The van der Waals surface area contributed by atoms with Gasteiger partial charge in [-0.05, 0) is 97.7 Å². The smallest absolute Gasteiger partial charge is 0.300 e. The molecule has 1 fully saturated rings. The second kappa shape index (κ2) is 8.90. The lowest BCUT2D eigenvalue weighted by atomic mass is 9.88. The first-order chi connectivity index (χ1) is 16.8. The predicted molar refractivity (Wildman–Crippen MR) is 137 cm³/mol. The van der Waals surface area contributed by atoms with Crippen LogP contribution in [0.1, 0.15) is 52.3 Å². The van der Waals surface area contributed by atoms with Gasteiger partial charge in [0, 0.05) is 11.3 Å². The van der Waals surface area contributed by atoms with Crippen molar-refractivity contribution in [3.63, 3.8) is 0 Å². The van der Waals surface area contributed by atoms with Crippen molar-refractivity contribution in [1.29, 1.82) is 0 Å². The Bertz CT molecular complexity index is 1410. The van der Waals surface area contributed by atoms with E-state index in [1.54, 1.807) is 12.1 Å². The number of Topliss-reactive ketones (excluding diaryl/α,β-unsaturated/α-hetero) is 1. The molecule has 1 heterocycles. The molecule has 0 saturated carbocycles.